The Morgan fingerprint density at radius 2 is 1.68 bits per heavy atom. The topological polar surface area (TPSA) is 116 Å². The van der Waals surface area contributed by atoms with Gasteiger partial charge in [0, 0.05) is 46.0 Å². The average Bonchev–Trinajstić information content (AvgIpc) is 3.29. The third-order valence-corrected chi connectivity index (χ3v) is 10.3. The highest BCUT2D eigenvalue weighted by Gasteiger charge is 2.35. The molecule has 0 aliphatic carbocycles. The van der Waals surface area contributed by atoms with Crippen molar-refractivity contribution in [3.63, 3.8) is 0 Å². The number of nitrogens with zero attached hydrogens (tertiary/aromatic N) is 4. The fraction of sp³-hybridized carbons (Fsp3) is 0.316. The molecule has 0 fully saturated rings. The lowest BCUT2D eigenvalue weighted by Gasteiger charge is -2.28. The van der Waals surface area contributed by atoms with Crippen LogP contribution < -0.4 is 19.1 Å². The maximum absolute atomic E-state index is 15.0. The molecule has 1 N–H and O–H groups in total. The predicted octanol–water partition coefficient (Wildman–Crippen LogP) is 8.17. The van der Waals surface area contributed by atoms with Gasteiger partial charge < -0.3 is 28.8 Å². The zero-order chi connectivity index (χ0) is 35.3. The Kier molecular flexibility index (Phi) is 9.09. The second-order valence-electron chi connectivity index (χ2n) is 12.7. The molecule has 0 saturated heterocycles. The SMILES string of the molecule is Cc1cc(OCCCc2c3n(c4c(-c5c(C)ncnc5C)c(Cl)ccc24)CCCN(c2cc(C(=O)O)cc4c2OCCO4)C3=O)cc(C)c1Cl. The summed E-state index contributed by atoms with van der Waals surface area (Å²) in [5.74, 6) is 0.0115. The van der Waals surface area contributed by atoms with Gasteiger partial charge in [-0.15, -0.1) is 0 Å². The van der Waals surface area contributed by atoms with Crippen LogP contribution >= 0.6 is 23.2 Å². The Morgan fingerprint density at radius 1 is 0.960 bits per heavy atom. The van der Waals surface area contributed by atoms with Gasteiger partial charge in [-0.2, -0.15) is 0 Å². The van der Waals surface area contributed by atoms with Crippen LogP contribution in [0.5, 0.6) is 17.2 Å². The lowest BCUT2D eigenvalue weighted by Crippen LogP contribution is -2.33. The maximum Gasteiger partial charge on any atom is 0.335 e. The van der Waals surface area contributed by atoms with Crippen LogP contribution in [0, 0.1) is 27.7 Å². The molecule has 5 aromatic rings. The summed E-state index contributed by atoms with van der Waals surface area (Å²) in [4.78, 5) is 37.7. The van der Waals surface area contributed by atoms with E-state index in [-0.39, 0.29) is 24.7 Å². The molecule has 2 aromatic heterocycles. The highest BCUT2D eigenvalue weighted by Crippen LogP contribution is 2.45. The number of aromatic carboxylic acids is 1. The number of carboxylic acid groups (broad SMARTS) is 1. The number of aryl methyl sites for hydroxylation is 6. The largest absolute Gasteiger partial charge is 0.494 e. The van der Waals surface area contributed by atoms with Crippen LogP contribution in [0.15, 0.2) is 42.7 Å². The number of ether oxygens (including phenoxy) is 3. The summed E-state index contributed by atoms with van der Waals surface area (Å²) in [7, 11) is 0. The molecule has 4 heterocycles. The number of anilines is 1. The van der Waals surface area contributed by atoms with Crippen molar-refractivity contribution in [2.45, 2.75) is 53.5 Å². The van der Waals surface area contributed by atoms with Crippen molar-refractivity contribution in [2.24, 2.45) is 0 Å². The van der Waals surface area contributed by atoms with Crippen LogP contribution in [-0.4, -0.2) is 57.9 Å². The first-order valence-corrected chi connectivity index (χ1v) is 17.3. The number of amides is 1. The molecule has 0 unspecified atom stereocenters. The Balaban J connectivity index is 1.37. The molecular formula is C38H36Cl2N4O6. The Labute approximate surface area is 299 Å². The number of halogens is 2. The Hall–Kier alpha value is -4.80. The van der Waals surface area contributed by atoms with Gasteiger partial charge in [0.1, 0.15) is 31.0 Å². The lowest BCUT2D eigenvalue weighted by molar-refractivity contribution is 0.0695. The number of carbonyl (C=O) groups is 2. The monoisotopic (exact) mass is 714 g/mol. The molecule has 2 aliphatic rings. The molecular weight excluding hydrogens is 679 g/mol. The maximum atomic E-state index is 15.0. The second-order valence-corrected chi connectivity index (χ2v) is 13.5. The van der Waals surface area contributed by atoms with Gasteiger partial charge >= 0.3 is 5.97 Å². The third kappa shape index (κ3) is 5.90. The van der Waals surface area contributed by atoms with Gasteiger partial charge in [-0.25, -0.2) is 14.8 Å². The number of hydrogen-bond acceptors (Lipinski definition) is 7. The number of carbonyl (C=O) groups excluding carboxylic acids is 1. The molecule has 0 radical (unpaired) electrons. The van der Waals surface area contributed by atoms with Crippen molar-refractivity contribution >= 4 is 51.7 Å². The Morgan fingerprint density at radius 3 is 2.40 bits per heavy atom. The molecule has 10 nitrogen and oxygen atoms in total. The fourth-order valence-corrected chi connectivity index (χ4v) is 7.50. The highest BCUT2D eigenvalue weighted by molar-refractivity contribution is 6.35. The van der Waals surface area contributed by atoms with E-state index in [4.69, 9.17) is 37.4 Å². The van der Waals surface area contributed by atoms with E-state index >= 15 is 0 Å². The van der Waals surface area contributed by atoms with Crippen LogP contribution in [0.1, 0.15) is 61.8 Å². The first-order valence-electron chi connectivity index (χ1n) is 16.6. The fourth-order valence-electron chi connectivity index (χ4n) is 7.14. The van der Waals surface area contributed by atoms with Crippen molar-refractivity contribution in [2.75, 3.05) is 31.3 Å². The van der Waals surface area contributed by atoms with Gasteiger partial charge in [-0.1, -0.05) is 29.3 Å². The predicted molar refractivity (Wildman–Crippen MR) is 193 cm³/mol. The van der Waals surface area contributed by atoms with Crippen molar-refractivity contribution in [3.05, 3.63) is 92.1 Å². The molecule has 0 atom stereocenters. The zero-order valence-electron chi connectivity index (χ0n) is 28.2. The number of benzene rings is 3. The van der Waals surface area contributed by atoms with E-state index in [1.807, 2.05) is 52.0 Å². The smallest absolute Gasteiger partial charge is 0.335 e. The van der Waals surface area contributed by atoms with Crippen molar-refractivity contribution in [3.8, 4) is 28.4 Å². The van der Waals surface area contributed by atoms with Crippen molar-refractivity contribution < 1.29 is 28.9 Å². The van der Waals surface area contributed by atoms with Gasteiger partial charge in [0.15, 0.2) is 11.5 Å². The molecule has 3 aromatic carbocycles. The van der Waals surface area contributed by atoms with Gasteiger partial charge in [-0.05, 0) is 94.0 Å². The average molecular weight is 716 g/mol. The number of fused-ring (bicyclic) bond motifs is 4. The van der Waals surface area contributed by atoms with Crippen molar-refractivity contribution in [1.82, 2.24) is 14.5 Å². The minimum atomic E-state index is -1.12. The van der Waals surface area contributed by atoms with E-state index < -0.39 is 5.97 Å². The van der Waals surface area contributed by atoms with E-state index in [0.717, 1.165) is 60.9 Å². The molecule has 2 aliphatic heterocycles. The molecule has 0 spiro atoms. The van der Waals surface area contributed by atoms with E-state index in [1.165, 1.54) is 18.5 Å². The summed E-state index contributed by atoms with van der Waals surface area (Å²) in [6, 6.07) is 10.6. The summed E-state index contributed by atoms with van der Waals surface area (Å²) < 4.78 is 20.0. The van der Waals surface area contributed by atoms with Crippen LogP contribution in [0.3, 0.4) is 0 Å². The summed E-state index contributed by atoms with van der Waals surface area (Å²) in [6.07, 6.45) is 3.27. The number of carboxylic acids is 1. The molecule has 0 saturated carbocycles. The number of aromatic nitrogens is 3. The highest BCUT2D eigenvalue weighted by atomic mass is 35.5. The summed E-state index contributed by atoms with van der Waals surface area (Å²) in [5, 5.41) is 12.1. The molecule has 0 bridgehead atoms. The van der Waals surface area contributed by atoms with E-state index in [2.05, 4.69) is 14.5 Å². The molecule has 7 rings (SSSR count). The number of rotatable bonds is 8. The quantitative estimate of drug-likeness (QED) is 0.160. The minimum Gasteiger partial charge on any atom is -0.494 e. The summed E-state index contributed by atoms with van der Waals surface area (Å²) in [5.41, 5.74) is 7.63. The van der Waals surface area contributed by atoms with Gasteiger partial charge in [0.25, 0.3) is 5.91 Å². The molecule has 1 amide bonds. The molecule has 258 valence electrons. The standard InChI is InChI=1S/C38H36Cl2N4O6/c1-20-15-25(16-21(2)33(20)40)48-12-5-7-26-27-8-9-28(39)32(31-22(3)41-19-42-23(31)4)34(27)44-11-6-10-43(37(45)35(26)44)29-17-24(38(46)47)18-30-36(29)50-14-13-49-30/h8-9,15-19H,5-7,10-14H2,1-4H3,(H,46,47). The van der Waals surface area contributed by atoms with Crippen LogP contribution in [0.25, 0.3) is 22.0 Å². The lowest BCUT2D eigenvalue weighted by atomic mass is 9.97. The van der Waals surface area contributed by atoms with E-state index in [0.29, 0.717) is 66.9 Å². The molecule has 50 heavy (non-hydrogen) atoms. The first-order chi connectivity index (χ1) is 24.0. The first kappa shape index (κ1) is 33.7. The second kappa shape index (κ2) is 13.5. The minimum absolute atomic E-state index is 0.0102. The van der Waals surface area contributed by atoms with Crippen LogP contribution in [0.2, 0.25) is 10.0 Å². The third-order valence-electron chi connectivity index (χ3n) is 9.38. The molecule has 12 heteroatoms. The summed E-state index contributed by atoms with van der Waals surface area (Å²) in [6.45, 7) is 9.59. The normalized spacial score (nSPS) is 14.1. The Bertz CT molecular complexity index is 2150. The van der Waals surface area contributed by atoms with Gasteiger partial charge in [0.05, 0.1) is 28.4 Å². The van der Waals surface area contributed by atoms with Gasteiger partial charge in [0.2, 0.25) is 0 Å². The van der Waals surface area contributed by atoms with Crippen LogP contribution in [0.4, 0.5) is 5.69 Å². The zero-order valence-corrected chi connectivity index (χ0v) is 29.7. The van der Waals surface area contributed by atoms with Crippen LogP contribution in [-0.2, 0) is 13.0 Å². The van der Waals surface area contributed by atoms with E-state index in [9.17, 15) is 14.7 Å². The summed E-state index contributed by atoms with van der Waals surface area (Å²) >= 11 is 13.4. The van der Waals surface area contributed by atoms with Crippen molar-refractivity contribution in [1.29, 1.82) is 0 Å². The van der Waals surface area contributed by atoms with Gasteiger partial charge in [-0.3, -0.25) is 4.79 Å². The number of hydrogen-bond donors (Lipinski definition) is 1. The van der Waals surface area contributed by atoms with E-state index in [1.54, 1.807) is 4.90 Å².